The lowest BCUT2D eigenvalue weighted by Crippen LogP contribution is -2.50. The maximum atomic E-state index is 12.7. The van der Waals surface area contributed by atoms with Gasteiger partial charge < -0.3 is 5.32 Å². The Morgan fingerprint density at radius 3 is 2.44 bits per heavy atom. The number of nitrogens with zero attached hydrogens (tertiary/aromatic N) is 3. The van der Waals surface area contributed by atoms with Crippen LogP contribution in [0.15, 0.2) is 24.5 Å². The molecule has 0 aliphatic carbocycles. The van der Waals surface area contributed by atoms with Gasteiger partial charge in [0, 0.05) is 51.0 Å². The fourth-order valence-corrected chi connectivity index (χ4v) is 5.16. The highest BCUT2D eigenvalue weighted by molar-refractivity contribution is 7.86. The predicted molar refractivity (Wildman–Crippen MR) is 94.7 cm³/mol. The summed E-state index contributed by atoms with van der Waals surface area (Å²) in [5.41, 5.74) is 0.959. The monoisotopic (exact) mass is 366 g/mol. The number of hydrogen-bond donors (Lipinski definition) is 1. The van der Waals surface area contributed by atoms with Gasteiger partial charge in [0.2, 0.25) is 5.91 Å². The average molecular weight is 366 g/mol. The molecule has 3 heterocycles. The molecule has 1 aromatic heterocycles. The molecule has 2 aliphatic rings. The first-order chi connectivity index (χ1) is 12.1. The molecule has 2 saturated heterocycles. The van der Waals surface area contributed by atoms with Crippen molar-refractivity contribution < 1.29 is 13.2 Å². The van der Waals surface area contributed by atoms with Crippen LogP contribution in [0.5, 0.6) is 0 Å². The summed E-state index contributed by atoms with van der Waals surface area (Å²) in [4.78, 5) is 16.3. The van der Waals surface area contributed by atoms with Gasteiger partial charge in [0.25, 0.3) is 10.2 Å². The number of pyridine rings is 1. The summed E-state index contributed by atoms with van der Waals surface area (Å²) in [6.45, 7) is 2.54. The van der Waals surface area contributed by atoms with Crippen molar-refractivity contribution in [2.24, 2.45) is 5.92 Å². The summed E-state index contributed by atoms with van der Waals surface area (Å²) in [6, 6.07) is 3.76. The van der Waals surface area contributed by atoms with E-state index in [4.69, 9.17) is 0 Å². The van der Waals surface area contributed by atoms with Gasteiger partial charge in [0.1, 0.15) is 0 Å². The van der Waals surface area contributed by atoms with Crippen molar-refractivity contribution in [3.63, 3.8) is 0 Å². The van der Waals surface area contributed by atoms with Crippen LogP contribution >= 0.6 is 0 Å². The van der Waals surface area contributed by atoms with Gasteiger partial charge in [0.05, 0.1) is 0 Å². The zero-order chi connectivity index (χ0) is 17.7. The number of aromatic nitrogens is 1. The Kier molecular flexibility index (Phi) is 6.03. The zero-order valence-electron chi connectivity index (χ0n) is 14.4. The van der Waals surface area contributed by atoms with Crippen molar-refractivity contribution in [3.05, 3.63) is 30.1 Å². The van der Waals surface area contributed by atoms with E-state index in [1.165, 1.54) is 0 Å². The van der Waals surface area contributed by atoms with Crippen LogP contribution in [-0.2, 0) is 21.5 Å². The van der Waals surface area contributed by atoms with Crippen LogP contribution in [0.2, 0.25) is 0 Å². The van der Waals surface area contributed by atoms with Gasteiger partial charge in [-0.25, -0.2) is 0 Å². The van der Waals surface area contributed by atoms with E-state index in [-0.39, 0.29) is 11.8 Å². The molecular weight excluding hydrogens is 340 g/mol. The molecule has 2 fully saturated rings. The molecule has 138 valence electrons. The van der Waals surface area contributed by atoms with E-state index in [1.54, 1.807) is 21.0 Å². The van der Waals surface area contributed by atoms with E-state index < -0.39 is 10.2 Å². The third kappa shape index (κ3) is 4.56. The Morgan fingerprint density at radius 1 is 1.12 bits per heavy atom. The molecule has 25 heavy (non-hydrogen) atoms. The number of amides is 1. The molecule has 0 unspecified atom stereocenters. The quantitative estimate of drug-likeness (QED) is 0.847. The van der Waals surface area contributed by atoms with Gasteiger partial charge in [-0.1, -0.05) is 12.5 Å². The van der Waals surface area contributed by atoms with Crippen molar-refractivity contribution in [2.45, 2.75) is 38.6 Å². The van der Waals surface area contributed by atoms with Crippen molar-refractivity contribution in [3.8, 4) is 0 Å². The predicted octanol–water partition coefficient (Wildman–Crippen LogP) is 1.14. The third-order valence-corrected chi connectivity index (χ3v) is 7.02. The fraction of sp³-hybridized carbons (Fsp3) is 0.647. The second kappa shape index (κ2) is 8.25. The Morgan fingerprint density at radius 2 is 1.80 bits per heavy atom. The summed E-state index contributed by atoms with van der Waals surface area (Å²) in [5.74, 6) is -0.122. The van der Waals surface area contributed by atoms with E-state index in [2.05, 4.69) is 10.3 Å². The van der Waals surface area contributed by atoms with E-state index in [1.807, 2.05) is 12.1 Å². The van der Waals surface area contributed by atoms with Gasteiger partial charge in [-0.05, 0) is 37.3 Å². The number of carbonyl (C=O) groups excluding carboxylic acids is 1. The maximum Gasteiger partial charge on any atom is 0.281 e. The van der Waals surface area contributed by atoms with Crippen LogP contribution in [0, 0.1) is 5.92 Å². The molecule has 0 aromatic carbocycles. The number of carbonyl (C=O) groups is 1. The van der Waals surface area contributed by atoms with E-state index in [9.17, 15) is 13.2 Å². The molecule has 7 nitrogen and oxygen atoms in total. The normalized spacial score (nSPS) is 21.1. The van der Waals surface area contributed by atoms with E-state index >= 15 is 0 Å². The Hall–Kier alpha value is -1.51. The molecule has 8 heteroatoms. The second-order valence-electron chi connectivity index (χ2n) is 6.72. The Bertz CT molecular complexity index is 666. The number of hydrogen-bond acceptors (Lipinski definition) is 4. The second-order valence-corrected chi connectivity index (χ2v) is 8.65. The van der Waals surface area contributed by atoms with Crippen LogP contribution in [0.4, 0.5) is 0 Å². The molecule has 1 N–H and O–H groups in total. The first-order valence-corrected chi connectivity index (χ1v) is 10.4. The Balaban J connectivity index is 1.48. The van der Waals surface area contributed by atoms with Gasteiger partial charge in [-0.15, -0.1) is 0 Å². The number of nitrogens with one attached hydrogen (secondary N) is 1. The molecule has 3 rings (SSSR count). The lowest BCUT2D eigenvalue weighted by molar-refractivity contribution is -0.126. The number of piperidine rings is 2. The minimum Gasteiger partial charge on any atom is -0.352 e. The average Bonchev–Trinajstić information content (AvgIpc) is 2.68. The molecule has 0 radical (unpaired) electrons. The van der Waals surface area contributed by atoms with Crippen molar-refractivity contribution >= 4 is 16.1 Å². The minimum absolute atomic E-state index is 0.00104. The molecule has 1 aromatic rings. The lowest BCUT2D eigenvalue weighted by atomic mass is 9.97. The van der Waals surface area contributed by atoms with Crippen molar-refractivity contribution in [2.75, 3.05) is 26.2 Å². The van der Waals surface area contributed by atoms with Crippen molar-refractivity contribution in [1.82, 2.24) is 18.9 Å². The molecule has 0 bridgehead atoms. The summed E-state index contributed by atoms with van der Waals surface area (Å²) < 4.78 is 28.5. The summed E-state index contributed by atoms with van der Waals surface area (Å²) in [7, 11) is -3.36. The Labute approximate surface area is 149 Å². The highest BCUT2D eigenvalue weighted by Crippen LogP contribution is 2.23. The molecule has 0 saturated carbocycles. The SMILES string of the molecule is O=C(NCc1cccnc1)C1CCN(S(=O)(=O)N2CCCCC2)CC1. The van der Waals surface area contributed by atoms with E-state index in [0.29, 0.717) is 45.6 Å². The van der Waals surface area contributed by atoms with Crippen LogP contribution in [-0.4, -0.2) is 54.1 Å². The van der Waals surface area contributed by atoms with Crippen LogP contribution in [0.25, 0.3) is 0 Å². The van der Waals surface area contributed by atoms with Crippen molar-refractivity contribution in [1.29, 1.82) is 0 Å². The van der Waals surface area contributed by atoms with Gasteiger partial charge in [-0.2, -0.15) is 17.0 Å². The molecule has 1 amide bonds. The molecule has 2 aliphatic heterocycles. The highest BCUT2D eigenvalue weighted by atomic mass is 32.2. The summed E-state index contributed by atoms with van der Waals surface area (Å²) in [5, 5.41) is 2.93. The molecule has 0 spiro atoms. The van der Waals surface area contributed by atoms with Crippen LogP contribution < -0.4 is 5.32 Å². The zero-order valence-corrected chi connectivity index (χ0v) is 15.2. The molecule has 0 atom stereocenters. The van der Waals surface area contributed by atoms with Gasteiger partial charge in [0.15, 0.2) is 0 Å². The van der Waals surface area contributed by atoms with E-state index in [0.717, 1.165) is 24.8 Å². The third-order valence-electron chi connectivity index (χ3n) is 4.98. The van der Waals surface area contributed by atoms with Gasteiger partial charge in [-0.3, -0.25) is 9.78 Å². The van der Waals surface area contributed by atoms with Gasteiger partial charge >= 0.3 is 0 Å². The fourth-order valence-electron chi connectivity index (χ4n) is 3.44. The number of rotatable bonds is 5. The smallest absolute Gasteiger partial charge is 0.281 e. The summed E-state index contributed by atoms with van der Waals surface area (Å²) >= 11 is 0. The standard InChI is InChI=1S/C17H26N4O3S/c22-17(19-14-15-5-4-8-18-13-15)16-6-11-21(12-7-16)25(23,24)20-9-2-1-3-10-20/h4-5,8,13,16H,1-3,6-7,9-12,14H2,(H,19,22). The largest absolute Gasteiger partial charge is 0.352 e. The minimum atomic E-state index is -3.36. The van der Waals surface area contributed by atoms with Crippen LogP contribution in [0.3, 0.4) is 0 Å². The lowest BCUT2D eigenvalue weighted by Gasteiger charge is -2.35. The maximum absolute atomic E-state index is 12.7. The highest BCUT2D eigenvalue weighted by Gasteiger charge is 2.35. The summed E-state index contributed by atoms with van der Waals surface area (Å²) in [6.07, 6.45) is 7.56. The first-order valence-electron chi connectivity index (χ1n) is 8.99. The van der Waals surface area contributed by atoms with Crippen LogP contribution in [0.1, 0.15) is 37.7 Å². The molecular formula is C17H26N4O3S. The first kappa shape index (κ1) is 18.3. The topological polar surface area (TPSA) is 82.6 Å².